The van der Waals surface area contributed by atoms with Gasteiger partial charge < -0.3 is 14.2 Å². The Hall–Kier alpha value is -2.75. The van der Waals surface area contributed by atoms with Gasteiger partial charge in [0.05, 0.1) is 7.11 Å². The molecule has 0 spiro atoms. The van der Waals surface area contributed by atoms with Gasteiger partial charge in [-0.1, -0.05) is 24.3 Å². The zero-order valence-electron chi connectivity index (χ0n) is 13.3. The lowest BCUT2D eigenvalue weighted by atomic mass is 10.2. The van der Waals surface area contributed by atoms with Crippen LogP contribution in [0.2, 0.25) is 0 Å². The first-order valence-electron chi connectivity index (χ1n) is 7.52. The van der Waals surface area contributed by atoms with Crippen molar-refractivity contribution in [2.24, 2.45) is 0 Å². The van der Waals surface area contributed by atoms with Crippen molar-refractivity contribution in [2.45, 2.75) is 6.92 Å². The number of hydrogen-bond acceptors (Lipinski definition) is 4. The summed E-state index contributed by atoms with van der Waals surface area (Å²) >= 11 is 0. The van der Waals surface area contributed by atoms with Gasteiger partial charge in [0, 0.05) is 11.6 Å². The smallest absolute Gasteiger partial charge is 0.161 e. The first-order valence-corrected chi connectivity index (χ1v) is 7.52. The molecule has 0 fully saturated rings. The molecule has 4 nitrogen and oxygen atoms in total. The van der Waals surface area contributed by atoms with E-state index in [0.717, 1.165) is 33.7 Å². The van der Waals surface area contributed by atoms with Crippen LogP contribution < -0.4 is 14.2 Å². The van der Waals surface area contributed by atoms with Gasteiger partial charge >= 0.3 is 0 Å². The molecule has 1 heterocycles. The standard InChI is InChI=1S/C19H19NO3/c1-14-8-9-16(18(13-14)21-2)22-11-12-23-17-7-3-5-15-6-4-10-20-19(15)17/h3-10,13H,11-12H2,1-2H3. The molecule has 4 heteroatoms. The maximum Gasteiger partial charge on any atom is 0.161 e. The highest BCUT2D eigenvalue weighted by atomic mass is 16.5. The predicted octanol–water partition coefficient (Wildman–Crippen LogP) is 4.01. The summed E-state index contributed by atoms with van der Waals surface area (Å²) in [5.41, 5.74) is 2.00. The first-order chi connectivity index (χ1) is 11.3. The van der Waals surface area contributed by atoms with Crippen LogP contribution in [0.5, 0.6) is 17.2 Å². The minimum atomic E-state index is 0.433. The number of aromatic nitrogens is 1. The normalized spacial score (nSPS) is 10.5. The lowest BCUT2D eigenvalue weighted by Crippen LogP contribution is -2.10. The van der Waals surface area contributed by atoms with Crippen LogP contribution in [-0.2, 0) is 0 Å². The molecule has 118 valence electrons. The lowest BCUT2D eigenvalue weighted by Gasteiger charge is -2.12. The molecule has 0 unspecified atom stereocenters. The van der Waals surface area contributed by atoms with Crippen LogP contribution in [0.1, 0.15) is 5.56 Å². The van der Waals surface area contributed by atoms with Gasteiger partial charge in [-0.05, 0) is 36.8 Å². The van der Waals surface area contributed by atoms with Crippen LogP contribution in [0.25, 0.3) is 10.9 Å². The molecular weight excluding hydrogens is 290 g/mol. The summed E-state index contributed by atoms with van der Waals surface area (Å²) < 4.78 is 16.9. The van der Waals surface area contributed by atoms with Gasteiger partial charge in [-0.2, -0.15) is 0 Å². The highest BCUT2D eigenvalue weighted by molar-refractivity contribution is 5.84. The van der Waals surface area contributed by atoms with Gasteiger partial charge in [-0.15, -0.1) is 0 Å². The highest BCUT2D eigenvalue weighted by Gasteiger charge is 2.05. The molecule has 3 aromatic rings. The summed E-state index contributed by atoms with van der Waals surface area (Å²) in [4.78, 5) is 4.37. The molecule has 0 radical (unpaired) electrons. The number of para-hydroxylation sites is 1. The van der Waals surface area contributed by atoms with Gasteiger partial charge in [-0.25, -0.2) is 0 Å². The van der Waals surface area contributed by atoms with Crippen LogP contribution in [0.4, 0.5) is 0 Å². The topological polar surface area (TPSA) is 40.6 Å². The number of hydrogen-bond donors (Lipinski definition) is 0. The van der Waals surface area contributed by atoms with Crippen molar-refractivity contribution in [3.8, 4) is 17.2 Å². The van der Waals surface area contributed by atoms with Crippen molar-refractivity contribution in [1.29, 1.82) is 0 Å². The zero-order valence-corrected chi connectivity index (χ0v) is 13.3. The van der Waals surface area contributed by atoms with E-state index in [-0.39, 0.29) is 0 Å². The minimum absolute atomic E-state index is 0.433. The Labute approximate surface area is 135 Å². The van der Waals surface area contributed by atoms with Crippen LogP contribution >= 0.6 is 0 Å². The largest absolute Gasteiger partial charge is 0.493 e. The summed E-state index contributed by atoms with van der Waals surface area (Å²) in [7, 11) is 1.64. The summed E-state index contributed by atoms with van der Waals surface area (Å²) in [5, 5.41) is 1.06. The molecule has 23 heavy (non-hydrogen) atoms. The van der Waals surface area contributed by atoms with Gasteiger partial charge in [0.25, 0.3) is 0 Å². The number of methoxy groups -OCH3 is 1. The maximum atomic E-state index is 5.81. The van der Waals surface area contributed by atoms with E-state index in [1.54, 1.807) is 13.3 Å². The molecule has 2 aromatic carbocycles. The fraction of sp³-hybridized carbons (Fsp3) is 0.211. The van der Waals surface area contributed by atoms with E-state index < -0.39 is 0 Å². The second-order valence-electron chi connectivity index (χ2n) is 5.18. The average molecular weight is 309 g/mol. The quantitative estimate of drug-likeness (QED) is 0.645. The molecule has 0 aliphatic rings. The van der Waals surface area contributed by atoms with Crippen molar-refractivity contribution in [1.82, 2.24) is 4.98 Å². The number of aryl methyl sites for hydroxylation is 1. The van der Waals surface area contributed by atoms with E-state index in [1.165, 1.54) is 0 Å². The minimum Gasteiger partial charge on any atom is -0.493 e. The monoisotopic (exact) mass is 309 g/mol. The third-order valence-corrected chi connectivity index (χ3v) is 3.51. The van der Waals surface area contributed by atoms with E-state index in [0.29, 0.717) is 13.2 Å². The summed E-state index contributed by atoms with van der Waals surface area (Å²) in [6.45, 7) is 2.89. The van der Waals surface area contributed by atoms with E-state index in [4.69, 9.17) is 14.2 Å². The Balaban J connectivity index is 1.61. The Bertz CT molecular complexity index is 796. The van der Waals surface area contributed by atoms with Gasteiger partial charge in [-0.3, -0.25) is 4.98 Å². The summed E-state index contributed by atoms with van der Waals surface area (Å²) in [6.07, 6.45) is 1.77. The number of ether oxygens (including phenoxy) is 3. The first kappa shape index (κ1) is 15.2. The fourth-order valence-electron chi connectivity index (χ4n) is 2.39. The van der Waals surface area contributed by atoms with E-state index in [9.17, 15) is 0 Å². The van der Waals surface area contributed by atoms with Crippen molar-refractivity contribution in [2.75, 3.05) is 20.3 Å². The van der Waals surface area contributed by atoms with Crippen molar-refractivity contribution in [3.63, 3.8) is 0 Å². The molecule has 0 bridgehead atoms. The number of rotatable bonds is 6. The van der Waals surface area contributed by atoms with Crippen LogP contribution in [0.15, 0.2) is 54.7 Å². The third-order valence-electron chi connectivity index (χ3n) is 3.51. The van der Waals surface area contributed by atoms with Crippen LogP contribution in [0, 0.1) is 6.92 Å². The molecule has 1 aromatic heterocycles. The molecular formula is C19H19NO3. The average Bonchev–Trinajstić information content (AvgIpc) is 2.59. The maximum absolute atomic E-state index is 5.81. The van der Waals surface area contributed by atoms with Crippen molar-refractivity contribution >= 4 is 10.9 Å². The fourth-order valence-corrected chi connectivity index (χ4v) is 2.39. The van der Waals surface area contributed by atoms with E-state index >= 15 is 0 Å². The SMILES string of the molecule is COc1cc(C)ccc1OCCOc1cccc2cccnc12. The molecule has 0 atom stereocenters. The predicted molar refractivity (Wildman–Crippen MR) is 90.5 cm³/mol. The van der Waals surface area contributed by atoms with E-state index in [1.807, 2.05) is 55.5 Å². The second-order valence-corrected chi connectivity index (χ2v) is 5.18. The molecule has 0 aliphatic heterocycles. The molecule has 0 aliphatic carbocycles. The molecule has 0 saturated carbocycles. The van der Waals surface area contributed by atoms with Gasteiger partial charge in [0.15, 0.2) is 11.5 Å². The molecule has 3 rings (SSSR count). The Kier molecular flexibility index (Phi) is 4.62. The highest BCUT2D eigenvalue weighted by Crippen LogP contribution is 2.28. The third kappa shape index (κ3) is 3.54. The van der Waals surface area contributed by atoms with Crippen LogP contribution in [0.3, 0.4) is 0 Å². The Morgan fingerprint density at radius 2 is 1.65 bits per heavy atom. The van der Waals surface area contributed by atoms with Gasteiger partial charge in [0.1, 0.15) is 24.5 Å². The number of pyridine rings is 1. The molecule has 0 saturated heterocycles. The molecule has 0 amide bonds. The van der Waals surface area contributed by atoms with E-state index in [2.05, 4.69) is 4.98 Å². The number of nitrogens with zero attached hydrogens (tertiary/aromatic N) is 1. The second kappa shape index (κ2) is 7.01. The summed E-state index contributed by atoms with van der Waals surface area (Å²) in [5.74, 6) is 2.22. The van der Waals surface area contributed by atoms with Gasteiger partial charge in [0.2, 0.25) is 0 Å². The Morgan fingerprint density at radius 1 is 0.870 bits per heavy atom. The number of fused-ring (bicyclic) bond motifs is 1. The van der Waals surface area contributed by atoms with Crippen molar-refractivity contribution in [3.05, 3.63) is 60.3 Å². The summed E-state index contributed by atoms with van der Waals surface area (Å²) in [6, 6.07) is 15.7. The van der Waals surface area contributed by atoms with Crippen LogP contribution in [-0.4, -0.2) is 25.3 Å². The molecule has 0 N–H and O–H groups in total. The number of benzene rings is 2. The zero-order chi connectivity index (χ0) is 16.1. The lowest BCUT2D eigenvalue weighted by molar-refractivity contribution is 0.212. The van der Waals surface area contributed by atoms with Crippen molar-refractivity contribution < 1.29 is 14.2 Å². The Morgan fingerprint density at radius 3 is 2.48 bits per heavy atom.